The highest BCUT2D eigenvalue weighted by Gasteiger charge is 2.27. The van der Waals surface area contributed by atoms with Crippen LogP contribution in [-0.2, 0) is 0 Å². The van der Waals surface area contributed by atoms with Crippen LogP contribution in [0.4, 0.5) is 0 Å². The van der Waals surface area contributed by atoms with Gasteiger partial charge in [0.15, 0.2) is 5.76 Å². The summed E-state index contributed by atoms with van der Waals surface area (Å²) in [5, 5.41) is 10.4. The molecule has 0 saturated heterocycles. The normalized spacial score (nSPS) is 11.0. The molecule has 0 saturated carbocycles. The molecule has 1 N–H and O–H groups in total. The molecule has 0 aliphatic heterocycles. The summed E-state index contributed by atoms with van der Waals surface area (Å²) in [5.74, 6) is 0.726. The maximum absolute atomic E-state index is 10.4. The van der Waals surface area contributed by atoms with E-state index in [9.17, 15) is 5.11 Å². The van der Waals surface area contributed by atoms with Crippen LogP contribution in [0.3, 0.4) is 0 Å². The van der Waals surface area contributed by atoms with Crippen LogP contribution in [0.2, 0.25) is 0 Å². The van der Waals surface area contributed by atoms with E-state index < -0.39 is 0 Å². The van der Waals surface area contributed by atoms with Crippen molar-refractivity contribution in [2.75, 3.05) is 0 Å². The number of aryl methyl sites for hydroxylation is 6. The summed E-state index contributed by atoms with van der Waals surface area (Å²) in [6.07, 6.45) is 4.00. The Morgan fingerprint density at radius 3 is 1.77 bits per heavy atom. The van der Waals surface area contributed by atoms with E-state index in [0.717, 1.165) is 11.4 Å². The largest absolute Gasteiger partial charge is 0.502 e. The number of nitrogens with zero attached hydrogens (tertiary/aromatic N) is 2. The number of aliphatic hydroxyl groups is 1. The van der Waals surface area contributed by atoms with Gasteiger partial charge in [0.1, 0.15) is 23.8 Å². The van der Waals surface area contributed by atoms with Crippen LogP contribution in [0.1, 0.15) is 39.2 Å². The van der Waals surface area contributed by atoms with Crippen molar-refractivity contribution in [3.63, 3.8) is 0 Å². The molecule has 2 aromatic carbocycles. The molecule has 0 fully saturated rings. The molecule has 0 radical (unpaired) electrons. The second-order valence-electron chi connectivity index (χ2n) is 7.30. The minimum Gasteiger partial charge on any atom is -0.502 e. The highest BCUT2D eigenvalue weighted by atomic mass is 16.3. The van der Waals surface area contributed by atoms with E-state index >= 15 is 0 Å². The SMILES string of the molecule is C=C(O)c1n(-c2c(C)cc(C)cc2C)cc[n+]1-c1c(C)cc(C)cc1C. The Labute approximate surface area is 155 Å². The minimum atomic E-state index is 0.0498. The Bertz CT molecular complexity index is 904. The highest BCUT2D eigenvalue weighted by Crippen LogP contribution is 2.25. The Morgan fingerprint density at radius 2 is 1.31 bits per heavy atom. The Balaban J connectivity index is 2.33. The number of hydrogen-bond acceptors (Lipinski definition) is 1. The van der Waals surface area contributed by atoms with Crippen LogP contribution in [-0.4, -0.2) is 9.67 Å². The summed E-state index contributed by atoms with van der Waals surface area (Å²) in [7, 11) is 0. The first kappa shape index (κ1) is 18.0. The van der Waals surface area contributed by atoms with Gasteiger partial charge in [-0.25, -0.2) is 0 Å². The van der Waals surface area contributed by atoms with Crippen molar-refractivity contribution >= 4 is 5.76 Å². The van der Waals surface area contributed by atoms with Crippen molar-refractivity contribution in [2.24, 2.45) is 0 Å². The maximum atomic E-state index is 10.4. The summed E-state index contributed by atoms with van der Waals surface area (Å²) in [6, 6.07) is 8.66. The summed E-state index contributed by atoms with van der Waals surface area (Å²) in [6.45, 7) is 16.5. The fourth-order valence-electron chi connectivity index (χ4n) is 4.13. The molecule has 1 heterocycles. The van der Waals surface area contributed by atoms with Crippen molar-refractivity contribution in [1.29, 1.82) is 0 Å². The van der Waals surface area contributed by atoms with Crippen LogP contribution in [0.5, 0.6) is 0 Å². The van der Waals surface area contributed by atoms with Crippen LogP contribution in [0.15, 0.2) is 43.2 Å². The average Bonchev–Trinajstić information content (AvgIpc) is 2.89. The lowest BCUT2D eigenvalue weighted by Gasteiger charge is -2.12. The van der Waals surface area contributed by atoms with Gasteiger partial charge in [-0.1, -0.05) is 35.4 Å². The fraction of sp³-hybridized carbons (Fsp3) is 0.261. The van der Waals surface area contributed by atoms with Gasteiger partial charge in [-0.05, 0) is 70.4 Å². The van der Waals surface area contributed by atoms with E-state index in [0.29, 0.717) is 5.82 Å². The van der Waals surface area contributed by atoms with Gasteiger partial charge in [0.05, 0.1) is 0 Å². The van der Waals surface area contributed by atoms with Gasteiger partial charge in [0.2, 0.25) is 0 Å². The number of aromatic nitrogens is 2. The Hall–Kier alpha value is -2.81. The average molecular weight is 347 g/mol. The molecule has 0 atom stereocenters. The topological polar surface area (TPSA) is 29.0 Å². The van der Waals surface area contributed by atoms with Gasteiger partial charge < -0.3 is 5.11 Å². The van der Waals surface area contributed by atoms with Gasteiger partial charge in [-0.15, -0.1) is 0 Å². The lowest BCUT2D eigenvalue weighted by Crippen LogP contribution is -2.36. The van der Waals surface area contributed by atoms with Gasteiger partial charge >= 0.3 is 5.82 Å². The van der Waals surface area contributed by atoms with E-state index in [1.54, 1.807) is 0 Å². The molecule has 0 amide bonds. The molecule has 0 aliphatic rings. The number of benzene rings is 2. The molecule has 3 nitrogen and oxygen atoms in total. The Kier molecular flexibility index (Phi) is 4.49. The predicted molar refractivity (Wildman–Crippen MR) is 107 cm³/mol. The molecule has 0 unspecified atom stereocenters. The first-order valence-electron chi connectivity index (χ1n) is 8.88. The zero-order valence-corrected chi connectivity index (χ0v) is 16.5. The molecular formula is C23H27N2O+. The van der Waals surface area contributed by atoms with Gasteiger partial charge in [-0.3, -0.25) is 0 Å². The van der Waals surface area contributed by atoms with Gasteiger partial charge in [-0.2, -0.15) is 9.13 Å². The molecule has 26 heavy (non-hydrogen) atoms. The van der Waals surface area contributed by atoms with E-state index in [-0.39, 0.29) is 5.76 Å². The molecule has 0 spiro atoms. The lowest BCUT2D eigenvalue weighted by molar-refractivity contribution is -0.599. The number of aliphatic hydroxyl groups excluding tert-OH is 1. The summed E-state index contributed by atoms with van der Waals surface area (Å²) in [5.41, 5.74) is 9.33. The monoisotopic (exact) mass is 347 g/mol. The molecular weight excluding hydrogens is 320 g/mol. The molecule has 3 rings (SSSR count). The van der Waals surface area contributed by atoms with Crippen LogP contribution >= 0.6 is 0 Å². The summed E-state index contributed by atoms with van der Waals surface area (Å²) >= 11 is 0. The highest BCUT2D eigenvalue weighted by molar-refractivity contribution is 5.56. The standard InChI is InChI=1S/C23H26N2O/c1-14-10-16(3)21(17(4)11-14)24-8-9-25(23(24)20(7)26)22-18(5)12-15(2)13-19(22)6/h8-13H,7H2,1-6H3/p+1. The molecule has 0 aliphatic carbocycles. The van der Waals surface area contributed by atoms with E-state index in [4.69, 9.17) is 0 Å². The van der Waals surface area contributed by atoms with Gasteiger partial charge in [0.25, 0.3) is 0 Å². The van der Waals surface area contributed by atoms with E-state index in [2.05, 4.69) is 72.4 Å². The smallest absolute Gasteiger partial charge is 0.334 e. The summed E-state index contributed by atoms with van der Waals surface area (Å²) in [4.78, 5) is 0. The first-order valence-corrected chi connectivity index (χ1v) is 8.88. The quantitative estimate of drug-likeness (QED) is 0.516. The second kappa shape index (κ2) is 6.49. The predicted octanol–water partition coefficient (Wildman–Crippen LogP) is 5.13. The molecule has 3 heteroatoms. The third-order valence-corrected chi connectivity index (χ3v) is 4.83. The third-order valence-electron chi connectivity index (χ3n) is 4.83. The number of hydrogen-bond donors (Lipinski definition) is 1. The van der Waals surface area contributed by atoms with Gasteiger partial charge in [0, 0.05) is 0 Å². The molecule has 1 aromatic heterocycles. The van der Waals surface area contributed by atoms with Crippen molar-refractivity contribution < 1.29 is 9.67 Å². The second-order valence-corrected chi connectivity index (χ2v) is 7.30. The van der Waals surface area contributed by atoms with E-state index in [1.807, 2.05) is 21.5 Å². The molecule has 3 aromatic rings. The van der Waals surface area contributed by atoms with Crippen molar-refractivity contribution in [1.82, 2.24) is 4.57 Å². The van der Waals surface area contributed by atoms with Crippen molar-refractivity contribution in [3.05, 3.63) is 82.4 Å². The third kappa shape index (κ3) is 2.94. The Morgan fingerprint density at radius 1 is 0.846 bits per heavy atom. The fourth-order valence-corrected chi connectivity index (χ4v) is 4.13. The van der Waals surface area contributed by atoms with Crippen molar-refractivity contribution in [2.45, 2.75) is 41.5 Å². The maximum Gasteiger partial charge on any atom is 0.334 e. The van der Waals surface area contributed by atoms with E-state index in [1.165, 1.54) is 33.4 Å². The summed E-state index contributed by atoms with van der Waals surface area (Å²) < 4.78 is 4.07. The van der Waals surface area contributed by atoms with Crippen molar-refractivity contribution in [3.8, 4) is 11.4 Å². The van der Waals surface area contributed by atoms with Crippen LogP contribution in [0.25, 0.3) is 17.1 Å². The minimum absolute atomic E-state index is 0.0498. The number of imidazole rings is 1. The first-order chi connectivity index (χ1) is 12.2. The van der Waals surface area contributed by atoms with Crippen LogP contribution < -0.4 is 4.57 Å². The number of rotatable bonds is 3. The molecule has 0 bridgehead atoms. The molecule has 134 valence electrons. The van der Waals surface area contributed by atoms with Crippen LogP contribution in [0, 0.1) is 41.5 Å². The zero-order chi connectivity index (χ0) is 19.2. The zero-order valence-electron chi connectivity index (χ0n) is 16.5. The lowest BCUT2D eigenvalue weighted by atomic mass is 10.0.